The van der Waals surface area contributed by atoms with E-state index in [2.05, 4.69) is 10.2 Å². The Kier molecular flexibility index (Phi) is 3.30. The Bertz CT molecular complexity index is 825. The van der Waals surface area contributed by atoms with E-state index in [9.17, 15) is 14.4 Å². The molecule has 4 atom stereocenters. The van der Waals surface area contributed by atoms with Gasteiger partial charge in [0.2, 0.25) is 17.7 Å². The number of imide groups is 1. The molecule has 7 heteroatoms. The number of nitrogens with one attached hydrogen (secondary N) is 1. The fraction of sp³-hybridized carbons (Fsp3) is 0.526. The Hall–Kier alpha value is -2.25. The summed E-state index contributed by atoms with van der Waals surface area (Å²) in [5.74, 6) is -1.66. The molecule has 5 rings (SSSR count). The quantitative estimate of drug-likeness (QED) is 0.802. The summed E-state index contributed by atoms with van der Waals surface area (Å²) in [6.07, 6.45) is 1.78. The van der Waals surface area contributed by atoms with Crippen LogP contribution in [0.25, 0.3) is 0 Å². The Morgan fingerprint density at radius 1 is 1.23 bits per heavy atom. The average molecular weight is 355 g/mol. The fourth-order valence-electron chi connectivity index (χ4n) is 5.62. The standard InChI is InChI=1S/C19H21N3O4/c1-26-10-9-21-16(23)14-13-7-4-8-22(13)19(15(14)17(21)24)11-5-2-3-6-12(11)20-18(19)25/h2-3,5-6,13-15H,4,7-10H2,1H3,(H,20,25)/t13-,14+,15+,19-/m1/s1. The van der Waals surface area contributed by atoms with Crippen molar-refractivity contribution in [3.8, 4) is 0 Å². The van der Waals surface area contributed by atoms with Gasteiger partial charge in [0.25, 0.3) is 0 Å². The van der Waals surface area contributed by atoms with Gasteiger partial charge < -0.3 is 10.1 Å². The van der Waals surface area contributed by atoms with Crippen LogP contribution in [0.15, 0.2) is 24.3 Å². The van der Waals surface area contributed by atoms with Crippen LogP contribution in [-0.4, -0.2) is 60.4 Å². The van der Waals surface area contributed by atoms with E-state index in [0.29, 0.717) is 6.61 Å². The lowest BCUT2D eigenvalue weighted by molar-refractivity contribution is -0.146. The van der Waals surface area contributed by atoms with E-state index in [1.54, 1.807) is 7.11 Å². The molecule has 1 aromatic carbocycles. The Balaban J connectivity index is 1.68. The number of para-hydroxylation sites is 1. The highest BCUT2D eigenvalue weighted by atomic mass is 16.5. The minimum absolute atomic E-state index is 0.0547. The molecule has 3 saturated heterocycles. The van der Waals surface area contributed by atoms with Gasteiger partial charge in [-0.3, -0.25) is 24.2 Å². The van der Waals surface area contributed by atoms with Crippen molar-refractivity contribution in [2.24, 2.45) is 11.8 Å². The second kappa shape index (κ2) is 5.37. The smallest absolute Gasteiger partial charge is 0.250 e. The number of anilines is 1. The van der Waals surface area contributed by atoms with Crippen LogP contribution >= 0.6 is 0 Å². The monoisotopic (exact) mass is 355 g/mol. The van der Waals surface area contributed by atoms with Crippen LogP contribution in [0.3, 0.4) is 0 Å². The number of benzene rings is 1. The van der Waals surface area contributed by atoms with E-state index in [1.165, 1.54) is 4.90 Å². The molecule has 0 aliphatic carbocycles. The molecule has 0 radical (unpaired) electrons. The van der Waals surface area contributed by atoms with Gasteiger partial charge in [-0.05, 0) is 25.5 Å². The van der Waals surface area contributed by atoms with Crippen LogP contribution < -0.4 is 5.32 Å². The van der Waals surface area contributed by atoms with Crippen molar-refractivity contribution >= 4 is 23.4 Å². The number of amides is 3. The predicted octanol–water partition coefficient (Wildman–Crippen LogP) is 0.560. The van der Waals surface area contributed by atoms with E-state index in [0.717, 1.165) is 30.6 Å². The Labute approximate surface area is 151 Å². The molecule has 0 bridgehead atoms. The molecule has 1 N–H and O–H groups in total. The largest absolute Gasteiger partial charge is 0.383 e. The number of hydrogen-bond acceptors (Lipinski definition) is 5. The maximum absolute atomic E-state index is 13.3. The molecular formula is C19H21N3O4. The minimum Gasteiger partial charge on any atom is -0.383 e. The van der Waals surface area contributed by atoms with Crippen molar-refractivity contribution in [1.82, 2.24) is 9.80 Å². The first-order valence-electron chi connectivity index (χ1n) is 9.14. The maximum Gasteiger partial charge on any atom is 0.250 e. The lowest BCUT2D eigenvalue weighted by Gasteiger charge is -2.36. The van der Waals surface area contributed by atoms with Crippen LogP contribution in [0, 0.1) is 11.8 Å². The number of ether oxygens (including phenoxy) is 1. The first-order chi connectivity index (χ1) is 12.6. The Morgan fingerprint density at radius 2 is 2.04 bits per heavy atom. The summed E-state index contributed by atoms with van der Waals surface area (Å²) in [7, 11) is 1.55. The third-order valence-corrected chi connectivity index (χ3v) is 6.51. The van der Waals surface area contributed by atoms with Gasteiger partial charge in [-0.1, -0.05) is 18.2 Å². The molecule has 1 spiro atoms. The molecule has 26 heavy (non-hydrogen) atoms. The third kappa shape index (κ3) is 1.68. The zero-order valence-electron chi connectivity index (χ0n) is 14.6. The first-order valence-corrected chi connectivity index (χ1v) is 9.14. The molecule has 3 amide bonds. The lowest BCUT2D eigenvalue weighted by Crippen LogP contribution is -2.54. The number of nitrogens with zero attached hydrogens (tertiary/aromatic N) is 2. The van der Waals surface area contributed by atoms with Gasteiger partial charge in [0.15, 0.2) is 0 Å². The van der Waals surface area contributed by atoms with Gasteiger partial charge in [-0.25, -0.2) is 0 Å². The predicted molar refractivity (Wildman–Crippen MR) is 92.1 cm³/mol. The number of hydrogen-bond donors (Lipinski definition) is 1. The van der Waals surface area contributed by atoms with E-state index in [-0.39, 0.29) is 30.3 Å². The SMILES string of the molecule is COCCN1C(=O)[C@H]2[C@H]3CCCN3[C@@]3(C(=O)Nc4ccccc43)[C@@H]2C1=O. The van der Waals surface area contributed by atoms with Crippen molar-refractivity contribution in [3.05, 3.63) is 29.8 Å². The molecule has 0 unspecified atom stereocenters. The third-order valence-electron chi connectivity index (χ3n) is 6.51. The highest BCUT2D eigenvalue weighted by Crippen LogP contribution is 2.60. The molecule has 1 aromatic rings. The topological polar surface area (TPSA) is 79.0 Å². The van der Waals surface area contributed by atoms with Crippen LogP contribution in [0.5, 0.6) is 0 Å². The lowest BCUT2D eigenvalue weighted by atomic mass is 9.75. The molecule has 136 valence electrons. The summed E-state index contributed by atoms with van der Waals surface area (Å²) < 4.78 is 5.07. The molecule has 4 heterocycles. The van der Waals surface area contributed by atoms with Gasteiger partial charge in [0, 0.05) is 24.4 Å². The molecule has 7 nitrogen and oxygen atoms in total. The van der Waals surface area contributed by atoms with E-state index in [4.69, 9.17) is 4.74 Å². The summed E-state index contributed by atoms with van der Waals surface area (Å²) in [4.78, 5) is 43.1. The zero-order chi connectivity index (χ0) is 18.1. The number of fused-ring (bicyclic) bond motifs is 7. The molecule has 4 aliphatic rings. The first kappa shape index (κ1) is 16.0. The molecule has 0 aromatic heterocycles. The molecule has 4 aliphatic heterocycles. The highest BCUT2D eigenvalue weighted by Gasteiger charge is 2.74. The summed E-state index contributed by atoms with van der Waals surface area (Å²) in [6.45, 7) is 1.28. The second-order valence-electron chi connectivity index (χ2n) is 7.49. The van der Waals surface area contributed by atoms with Crippen molar-refractivity contribution < 1.29 is 19.1 Å². The zero-order valence-corrected chi connectivity index (χ0v) is 14.6. The van der Waals surface area contributed by atoms with Crippen molar-refractivity contribution in [2.75, 3.05) is 32.1 Å². The van der Waals surface area contributed by atoms with Gasteiger partial charge in [-0.2, -0.15) is 0 Å². The number of methoxy groups -OCH3 is 1. The summed E-state index contributed by atoms with van der Waals surface area (Å²) >= 11 is 0. The van der Waals surface area contributed by atoms with Crippen LogP contribution in [0.1, 0.15) is 18.4 Å². The van der Waals surface area contributed by atoms with Gasteiger partial charge in [-0.15, -0.1) is 0 Å². The number of likely N-dealkylation sites (tertiary alicyclic amines) is 1. The highest BCUT2D eigenvalue weighted by molar-refractivity contribution is 6.15. The molecule has 3 fully saturated rings. The minimum atomic E-state index is -1.06. The number of rotatable bonds is 3. The molecular weight excluding hydrogens is 334 g/mol. The normalized spacial score (nSPS) is 35.2. The maximum atomic E-state index is 13.3. The van der Waals surface area contributed by atoms with Crippen molar-refractivity contribution in [2.45, 2.75) is 24.4 Å². The van der Waals surface area contributed by atoms with E-state index in [1.807, 2.05) is 24.3 Å². The van der Waals surface area contributed by atoms with Crippen molar-refractivity contribution in [1.29, 1.82) is 0 Å². The van der Waals surface area contributed by atoms with Gasteiger partial charge in [0.1, 0.15) is 5.54 Å². The van der Waals surface area contributed by atoms with Crippen LogP contribution in [-0.2, 0) is 24.7 Å². The van der Waals surface area contributed by atoms with Gasteiger partial charge in [0.05, 0.1) is 25.0 Å². The Morgan fingerprint density at radius 3 is 2.85 bits per heavy atom. The summed E-state index contributed by atoms with van der Waals surface area (Å²) in [5, 5.41) is 2.96. The second-order valence-corrected chi connectivity index (χ2v) is 7.49. The average Bonchev–Trinajstić information content (AvgIpc) is 3.33. The summed E-state index contributed by atoms with van der Waals surface area (Å²) in [5.41, 5.74) is 0.523. The number of carbonyl (C=O) groups excluding carboxylic acids is 3. The number of carbonyl (C=O) groups is 3. The van der Waals surface area contributed by atoms with Crippen LogP contribution in [0.2, 0.25) is 0 Å². The van der Waals surface area contributed by atoms with Crippen LogP contribution in [0.4, 0.5) is 5.69 Å². The van der Waals surface area contributed by atoms with E-state index >= 15 is 0 Å². The van der Waals surface area contributed by atoms with E-state index < -0.39 is 17.4 Å². The summed E-state index contributed by atoms with van der Waals surface area (Å²) in [6, 6.07) is 7.49. The molecule has 0 saturated carbocycles. The fourth-order valence-corrected chi connectivity index (χ4v) is 5.62. The van der Waals surface area contributed by atoms with Crippen molar-refractivity contribution in [3.63, 3.8) is 0 Å². The van der Waals surface area contributed by atoms with Gasteiger partial charge >= 0.3 is 0 Å².